The van der Waals surface area contributed by atoms with Crippen molar-refractivity contribution >= 4 is 15.9 Å². The molecule has 0 atom stereocenters. The number of nitrogens with one attached hydrogen (secondary N) is 1. The lowest BCUT2D eigenvalue weighted by Crippen LogP contribution is -2.35. The molecule has 0 bridgehead atoms. The Hall–Kier alpha value is -2.40. The van der Waals surface area contributed by atoms with E-state index in [0.717, 1.165) is 25.7 Å². The van der Waals surface area contributed by atoms with Gasteiger partial charge in [0.05, 0.1) is 11.4 Å². The number of rotatable bonds is 6. The van der Waals surface area contributed by atoms with Crippen molar-refractivity contribution in [3.05, 3.63) is 46.8 Å². The number of fused-ring (bicyclic) bond motifs is 1. The molecule has 2 aromatic rings. The molecule has 1 aliphatic heterocycles. The van der Waals surface area contributed by atoms with E-state index in [0.29, 0.717) is 38.0 Å². The second-order valence-corrected chi connectivity index (χ2v) is 10.4. The lowest BCUT2D eigenvalue weighted by molar-refractivity contribution is -0.142. The van der Waals surface area contributed by atoms with Crippen LogP contribution in [0.2, 0.25) is 0 Å². The molecule has 2 heterocycles. The van der Waals surface area contributed by atoms with Crippen LogP contribution in [-0.4, -0.2) is 48.0 Å². The Labute approximate surface area is 191 Å². The highest BCUT2D eigenvalue weighted by molar-refractivity contribution is 7.89. The maximum absolute atomic E-state index is 13.3. The number of nitrogens with zero attached hydrogens (tertiary/aromatic N) is 3. The predicted octanol–water partition coefficient (Wildman–Crippen LogP) is 3.39. The van der Waals surface area contributed by atoms with Crippen LogP contribution in [0.15, 0.2) is 29.2 Å². The topological polar surface area (TPSA) is 84.3 Å². The molecular weight excluding hydrogens is 457 g/mol. The number of alkyl halides is 3. The Morgan fingerprint density at radius 2 is 1.67 bits per heavy atom. The Kier molecular flexibility index (Phi) is 6.81. The molecule has 11 heteroatoms. The molecule has 33 heavy (non-hydrogen) atoms. The van der Waals surface area contributed by atoms with Gasteiger partial charge in [0.1, 0.15) is 0 Å². The molecule has 0 unspecified atom stereocenters. The highest BCUT2D eigenvalue weighted by atomic mass is 32.2. The summed E-state index contributed by atoms with van der Waals surface area (Å²) in [6.07, 6.45) is 0.628. The predicted molar refractivity (Wildman–Crippen MR) is 115 cm³/mol. The smallest absolute Gasteiger partial charge is 0.350 e. The molecule has 1 saturated heterocycles. The molecule has 1 aromatic heterocycles. The first-order valence-electron chi connectivity index (χ1n) is 11.2. The van der Waals surface area contributed by atoms with Crippen LogP contribution in [0.1, 0.15) is 59.4 Å². The van der Waals surface area contributed by atoms with Gasteiger partial charge in [0, 0.05) is 36.5 Å². The van der Waals surface area contributed by atoms with Gasteiger partial charge in [0.15, 0.2) is 5.69 Å². The summed E-state index contributed by atoms with van der Waals surface area (Å²) in [7, 11) is -3.58. The van der Waals surface area contributed by atoms with E-state index in [-0.39, 0.29) is 29.1 Å². The summed E-state index contributed by atoms with van der Waals surface area (Å²) in [4.78, 5) is 12.6. The largest absolute Gasteiger partial charge is 0.435 e. The zero-order chi connectivity index (χ0) is 23.6. The summed E-state index contributed by atoms with van der Waals surface area (Å²) >= 11 is 0. The third kappa shape index (κ3) is 5.08. The number of amides is 1. The van der Waals surface area contributed by atoms with Gasteiger partial charge in [-0.2, -0.15) is 22.6 Å². The van der Waals surface area contributed by atoms with E-state index in [9.17, 15) is 26.4 Å². The van der Waals surface area contributed by atoms with Gasteiger partial charge in [-0.1, -0.05) is 6.42 Å². The third-order valence-electron chi connectivity index (χ3n) is 6.20. The summed E-state index contributed by atoms with van der Waals surface area (Å²) in [5, 5.41) is 6.47. The van der Waals surface area contributed by atoms with Gasteiger partial charge in [-0.25, -0.2) is 8.42 Å². The normalized spacial score (nSPS) is 17.5. The van der Waals surface area contributed by atoms with Gasteiger partial charge < -0.3 is 5.32 Å². The van der Waals surface area contributed by atoms with Crippen molar-refractivity contribution in [2.45, 2.75) is 62.6 Å². The Morgan fingerprint density at radius 3 is 2.33 bits per heavy atom. The molecule has 0 spiro atoms. The number of piperidine rings is 1. The molecule has 180 valence electrons. The van der Waals surface area contributed by atoms with E-state index in [1.165, 1.54) is 33.3 Å². The van der Waals surface area contributed by atoms with E-state index in [4.69, 9.17) is 0 Å². The fourth-order valence-electron chi connectivity index (χ4n) is 4.49. The fourth-order valence-corrected chi connectivity index (χ4v) is 6.01. The molecule has 0 radical (unpaired) electrons. The van der Waals surface area contributed by atoms with Crippen LogP contribution in [0, 0.1) is 0 Å². The highest BCUT2D eigenvalue weighted by Crippen LogP contribution is 2.35. The zero-order valence-electron chi connectivity index (χ0n) is 18.2. The summed E-state index contributed by atoms with van der Waals surface area (Å²) in [6.45, 7) is 1.24. The van der Waals surface area contributed by atoms with Crippen molar-refractivity contribution < 1.29 is 26.4 Å². The van der Waals surface area contributed by atoms with Gasteiger partial charge >= 0.3 is 6.18 Å². The summed E-state index contributed by atoms with van der Waals surface area (Å²) in [5.41, 5.74) is 0.320. The van der Waals surface area contributed by atoms with Crippen molar-refractivity contribution in [3.63, 3.8) is 0 Å². The molecule has 1 aromatic carbocycles. The molecule has 1 N–H and O–H groups in total. The number of sulfonamides is 1. The van der Waals surface area contributed by atoms with Crippen LogP contribution in [0.3, 0.4) is 0 Å². The summed E-state index contributed by atoms with van der Waals surface area (Å²) in [6, 6.07) is 5.73. The maximum Gasteiger partial charge on any atom is 0.435 e. The number of halogens is 3. The van der Waals surface area contributed by atoms with Crippen molar-refractivity contribution in [1.82, 2.24) is 19.4 Å². The van der Waals surface area contributed by atoms with Crippen molar-refractivity contribution in [2.24, 2.45) is 0 Å². The lowest BCUT2D eigenvalue weighted by atomic mass is 9.95. The van der Waals surface area contributed by atoms with Gasteiger partial charge in [0.25, 0.3) is 5.91 Å². The summed E-state index contributed by atoms with van der Waals surface area (Å²) < 4.78 is 68.2. The third-order valence-corrected chi connectivity index (χ3v) is 8.12. The minimum absolute atomic E-state index is 0.109. The highest BCUT2D eigenvalue weighted by Gasteiger charge is 2.39. The molecule has 1 amide bonds. The van der Waals surface area contributed by atoms with Crippen LogP contribution in [0.5, 0.6) is 0 Å². The van der Waals surface area contributed by atoms with Crippen molar-refractivity contribution in [1.29, 1.82) is 0 Å². The number of carbonyl (C=O) groups is 1. The van der Waals surface area contributed by atoms with E-state index in [2.05, 4.69) is 10.4 Å². The first-order valence-corrected chi connectivity index (χ1v) is 12.7. The van der Waals surface area contributed by atoms with E-state index >= 15 is 0 Å². The second kappa shape index (κ2) is 9.46. The van der Waals surface area contributed by atoms with E-state index in [1.807, 2.05) is 0 Å². The zero-order valence-corrected chi connectivity index (χ0v) is 19.0. The molecule has 2 aliphatic rings. The number of hydrogen-bond donors (Lipinski definition) is 1. The van der Waals surface area contributed by atoms with Gasteiger partial charge in [-0.3, -0.25) is 9.48 Å². The standard InChI is InChI=1S/C22H27F3N4O3S/c23-22(24,25)20-18-6-2-3-7-19(18)29(27-20)15-12-26-21(30)16-8-10-17(11-9-16)33(31,32)28-13-4-1-5-14-28/h8-11H,1-7,12-15H2,(H,26,30). The van der Waals surface area contributed by atoms with Gasteiger partial charge in [-0.05, 0) is 62.8 Å². The minimum atomic E-state index is -4.49. The van der Waals surface area contributed by atoms with Crippen LogP contribution in [0.4, 0.5) is 13.2 Å². The quantitative estimate of drug-likeness (QED) is 0.681. The Morgan fingerprint density at radius 1 is 1.00 bits per heavy atom. The van der Waals surface area contributed by atoms with Crippen molar-refractivity contribution in [3.8, 4) is 0 Å². The van der Waals surface area contributed by atoms with Gasteiger partial charge in [0.2, 0.25) is 10.0 Å². The number of aromatic nitrogens is 2. The number of benzene rings is 1. The fraction of sp³-hybridized carbons (Fsp3) is 0.545. The van der Waals surface area contributed by atoms with Crippen LogP contribution in [0.25, 0.3) is 0 Å². The average Bonchev–Trinajstić information content (AvgIpc) is 3.19. The summed E-state index contributed by atoms with van der Waals surface area (Å²) in [5.74, 6) is -0.422. The number of carbonyl (C=O) groups excluding carboxylic acids is 1. The molecule has 0 saturated carbocycles. The van der Waals surface area contributed by atoms with E-state index in [1.54, 1.807) is 0 Å². The number of hydrogen-bond acceptors (Lipinski definition) is 4. The SMILES string of the molecule is O=C(NCCn1nc(C(F)(F)F)c2c1CCCC2)c1ccc(S(=O)(=O)N2CCCCC2)cc1. The van der Waals surface area contributed by atoms with Crippen LogP contribution < -0.4 is 5.32 Å². The Bertz CT molecular complexity index is 1110. The average molecular weight is 485 g/mol. The second-order valence-electron chi connectivity index (χ2n) is 8.45. The minimum Gasteiger partial charge on any atom is -0.350 e. The van der Waals surface area contributed by atoms with Crippen LogP contribution >= 0.6 is 0 Å². The lowest BCUT2D eigenvalue weighted by Gasteiger charge is -2.25. The monoisotopic (exact) mass is 484 g/mol. The molecular formula is C22H27F3N4O3S. The van der Waals surface area contributed by atoms with Gasteiger partial charge in [-0.15, -0.1) is 0 Å². The molecule has 1 aliphatic carbocycles. The van der Waals surface area contributed by atoms with Crippen LogP contribution in [-0.2, 0) is 35.6 Å². The Balaban J connectivity index is 1.38. The molecule has 1 fully saturated rings. The molecule has 7 nitrogen and oxygen atoms in total. The first-order chi connectivity index (χ1) is 15.7. The maximum atomic E-state index is 13.3. The van der Waals surface area contributed by atoms with Crippen molar-refractivity contribution in [2.75, 3.05) is 19.6 Å². The molecule has 4 rings (SSSR count). The first kappa shape index (κ1) is 23.7. The van der Waals surface area contributed by atoms with E-state index < -0.39 is 27.8 Å².